The van der Waals surface area contributed by atoms with E-state index in [0.29, 0.717) is 25.5 Å². The molecule has 0 radical (unpaired) electrons. The van der Waals surface area contributed by atoms with Gasteiger partial charge in [-0.3, -0.25) is 0 Å². The first-order valence-electron chi connectivity index (χ1n) is 6.84. The topological polar surface area (TPSA) is 71.8 Å². The zero-order chi connectivity index (χ0) is 15.9. The molecule has 0 fully saturated rings. The normalized spacial score (nSPS) is 12.2. The minimum absolute atomic E-state index is 0.0402. The first kappa shape index (κ1) is 17.9. The molecule has 1 heterocycles. The summed E-state index contributed by atoms with van der Waals surface area (Å²) in [6.07, 6.45) is 1.56. The highest BCUT2D eigenvalue weighted by Crippen LogP contribution is 2.20. The van der Waals surface area contributed by atoms with Crippen LogP contribution in [0, 0.1) is 0 Å². The molecule has 0 bridgehead atoms. The highest BCUT2D eigenvalue weighted by molar-refractivity contribution is 7.89. The van der Waals surface area contributed by atoms with Crippen molar-refractivity contribution in [2.75, 3.05) is 26.8 Å². The summed E-state index contributed by atoms with van der Waals surface area (Å²) in [5.74, 6) is 0.576. The summed E-state index contributed by atoms with van der Waals surface area (Å²) in [6.45, 7) is 9.20. The van der Waals surface area contributed by atoms with E-state index in [4.69, 9.17) is 9.15 Å². The smallest absolute Gasteiger partial charge is 0.276 e. The van der Waals surface area contributed by atoms with Gasteiger partial charge in [0.2, 0.25) is 5.09 Å². The Morgan fingerprint density at radius 2 is 2.19 bits per heavy atom. The lowest BCUT2D eigenvalue weighted by molar-refractivity contribution is 0.198. The lowest BCUT2D eigenvalue weighted by Crippen LogP contribution is -2.36. The van der Waals surface area contributed by atoms with Gasteiger partial charge in [-0.05, 0) is 26.0 Å². The van der Waals surface area contributed by atoms with E-state index in [1.54, 1.807) is 19.3 Å². The Balaban J connectivity index is 2.79. The molecule has 0 aromatic carbocycles. The van der Waals surface area contributed by atoms with E-state index in [1.807, 2.05) is 13.8 Å². The molecule has 0 atom stereocenters. The van der Waals surface area contributed by atoms with Crippen LogP contribution in [0.15, 0.2) is 34.3 Å². The molecule has 0 amide bonds. The average Bonchev–Trinajstić information content (AvgIpc) is 2.90. The zero-order valence-electron chi connectivity index (χ0n) is 12.8. The Morgan fingerprint density at radius 3 is 2.76 bits per heavy atom. The number of furan rings is 1. The maximum absolute atomic E-state index is 12.5. The molecule has 1 N–H and O–H groups in total. The summed E-state index contributed by atoms with van der Waals surface area (Å²) in [4.78, 5) is 0. The molecule has 1 aromatic heterocycles. The second-order valence-electron chi connectivity index (χ2n) is 4.85. The largest absolute Gasteiger partial charge is 0.447 e. The first-order valence-corrected chi connectivity index (χ1v) is 8.28. The molecular formula is C14H24N2O4S. The zero-order valence-corrected chi connectivity index (χ0v) is 13.6. The van der Waals surface area contributed by atoms with E-state index < -0.39 is 10.0 Å². The number of hydrogen-bond donors (Lipinski definition) is 1. The number of sulfonamides is 1. The number of methoxy groups -OCH3 is 1. The fraction of sp³-hybridized carbons (Fsp3) is 0.571. The van der Waals surface area contributed by atoms with Gasteiger partial charge in [-0.25, -0.2) is 8.42 Å². The van der Waals surface area contributed by atoms with E-state index in [9.17, 15) is 8.42 Å². The molecule has 120 valence electrons. The third-order valence-electron chi connectivity index (χ3n) is 2.87. The Morgan fingerprint density at radius 1 is 1.48 bits per heavy atom. The second-order valence-corrected chi connectivity index (χ2v) is 6.67. The van der Waals surface area contributed by atoms with E-state index in [0.717, 1.165) is 0 Å². The van der Waals surface area contributed by atoms with Crippen LogP contribution >= 0.6 is 0 Å². The van der Waals surface area contributed by atoms with Crippen LogP contribution in [0.5, 0.6) is 0 Å². The SMILES string of the molecule is C=CCN(C(C)C)S(=O)(=O)c1ccc(CNCCOC)o1. The van der Waals surface area contributed by atoms with E-state index in [-0.39, 0.29) is 17.7 Å². The Hall–Kier alpha value is -1.15. The number of nitrogens with one attached hydrogen (secondary N) is 1. The lowest BCUT2D eigenvalue weighted by atomic mass is 10.4. The summed E-state index contributed by atoms with van der Waals surface area (Å²) < 4.78 is 36.7. The van der Waals surface area contributed by atoms with Crippen molar-refractivity contribution >= 4 is 10.0 Å². The van der Waals surface area contributed by atoms with E-state index >= 15 is 0 Å². The molecule has 0 spiro atoms. The van der Waals surface area contributed by atoms with Gasteiger partial charge >= 0.3 is 0 Å². The highest BCUT2D eigenvalue weighted by Gasteiger charge is 2.28. The van der Waals surface area contributed by atoms with Crippen molar-refractivity contribution in [2.45, 2.75) is 31.5 Å². The fourth-order valence-corrected chi connectivity index (χ4v) is 3.35. The van der Waals surface area contributed by atoms with Crippen molar-refractivity contribution in [3.8, 4) is 0 Å². The van der Waals surface area contributed by atoms with Crippen LogP contribution in [0.1, 0.15) is 19.6 Å². The predicted octanol–water partition coefficient (Wildman–Crippen LogP) is 1.60. The Labute approximate surface area is 126 Å². The molecule has 1 aromatic rings. The van der Waals surface area contributed by atoms with Gasteiger partial charge < -0.3 is 14.5 Å². The van der Waals surface area contributed by atoms with Gasteiger partial charge in [0, 0.05) is 26.2 Å². The fourth-order valence-electron chi connectivity index (χ4n) is 1.81. The van der Waals surface area contributed by atoms with Crippen molar-refractivity contribution in [3.63, 3.8) is 0 Å². The standard InChI is InChI=1S/C14H24N2O4S/c1-5-9-16(12(2)3)21(17,18)14-7-6-13(20-14)11-15-8-10-19-4/h5-7,12,15H,1,8-11H2,2-4H3. The van der Waals surface area contributed by atoms with Gasteiger partial charge in [-0.15, -0.1) is 6.58 Å². The molecule has 0 unspecified atom stereocenters. The van der Waals surface area contributed by atoms with Crippen LogP contribution in [0.4, 0.5) is 0 Å². The number of hydrogen-bond acceptors (Lipinski definition) is 5. The molecule has 0 aliphatic rings. The molecule has 0 saturated heterocycles. The summed E-state index contributed by atoms with van der Waals surface area (Å²) in [7, 11) is -2.01. The summed E-state index contributed by atoms with van der Waals surface area (Å²) in [5, 5.41) is 3.06. The molecular weight excluding hydrogens is 292 g/mol. The van der Waals surface area contributed by atoms with Crippen LogP contribution in [-0.4, -0.2) is 45.6 Å². The minimum Gasteiger partial charge on any atom is -0.447 e. The van der Waals surface area contributed by atoms with Crippen molar-refractivity contribution < 1.29 is 17.6 Å². The van der Waals surface area contributed by atoms with Crippen molar-refractivity contribution in [1.82, 2.24) is 9.62 Å². The summed E-state index contributed by atoms with van der Waals surface area (Å²) in [5.41, 5.74) is 0. The Kier molecular flexibility index (Phi) is 7.10. The maximum atomic E-state index is 12.5. The summed E-state index contributed by atoms with van der Waals surface area (Å²) >= 11 is 0. The van der Waals surface area contributed by atoms with Gasteiger partial charge in [0.1, 0.15) is 5.76 Å². The predicted molar refractivity (Wildman–Crippen MR) is 81.5 cm³/mol. The number of nitrogens with zero attached hydrogens (tertiary/aromatic N) is 1. The van der Waals surface area contributed by atoms with Crippen molar-refractivity contribution in [2.24, 2.45) is 0 Å². The van der Waals surface area contributed by atoms with Gasteiger partial charge in [-0.2, -0.15) is 4.31 Å². The lowest BCUT2D eigenvalue weighted by Gasteiger charge is -2.23. The molecule has 1 rings (SSSR count). The summed E-state index contributed by atoms with van der Waals surface area (Å²) in [6, 6.07) is 2.99. The highest BCUT2D eigenvalue weighted by atomic mass is 32.2. The van der Waals surface area contributed by atoms with Crippen LogP contribution in [0.25, 0.3) is 0 Å². The van der Waals surface area contributed by atoms with Gasteiger partial charge in [0.25, 0.3) is 10.0 Å². The Bertz CT molecular complexity index is 537. The molecule has 0 aliphatic heterocycles. The quantitative estimate of drug-likeness (QED) is 0.524. The van der Waals surface area contributed by atoms with Crippen LogP contribution in [-0.2, 0) is 21.3 Å². The van der Waals surface area contributed by atoms with E-state index in [2.05, 4.69) is 11.9 Å². The minimum atomic E-state index is -3.63. The molecule has 21 heavy (non-hydrogen) atoms. The van der Waals surface area contributed by atoms with Gasteiger partial charge in [0.15, 0.2) is 0 Å². The van der Waals surface area contributed by atoms with Gasteiger partial charge in [-0.1, -0.05) is 6.08 Å². The molecule has 7 heteroatoms. The monoisotopic (exact) mass is 316 g/mol. The third-order valence-corrected chi connectivity index (χ3v) is 4.78. The van der Waals surface area contributed by atoms with Crippen molar-refractivity contribution in [1.29, 1.82) is 0 Å². The third kappa shape index (κ3) is 4.96. The number of rotatable bonds is 10. The molecule has 0 aliphatic carbocycles. The maximum Gasteiger partial charge on any atom is 0.276 e. The molecule has 6 nitrogen and oxygen atoms in total. The second kappa shape index (κ2) is 8.33. The molecule has 0 saturated carbocycles. The van der Waals surface area contributed by atoms with Crippen molar-refractivity contribution in [3.05, 3.63) is 30.5 Å². The van der Waals surface area contributed by atoms with Crippen LogP contribution < -0.4 is 5.32 Å². The van der Waals surface area contributed by atoms with Crippen LogP contribution in [0.3, 0.4) is 0 Å². The number of ether oxygens (including phenoxy) is 1. The average molecular weight is 316 g/mol. The van der Waals surface area contributed by atoms with Gasteiger partial charge in [0.05, 0.1) is 13.2 Å². The first-order chi connectivity index (χ1) is 9.93. The van der Waals surface area contributed by atoms with E-state index in [1.165, 1.54) is 10.4 Å². The van der Waals surface area contributed by atoms with Crippen LogP contribution in [0.2, 0.25) is 0 Å².